The van der Waals surface area contributed by atoms with E-state index in [1.165, 1.54) is 5.56 Å². The average molecular weight is 281 g/mol. The Bertz CT molecular complexity index is 308. The van der Waals surface area contributed by atoms with Gasteiger partial charge in [-0.15, -0.1) is 0 Å². The van der Waals surface area contributed by atoms with Crippen LogP contribution in [0.5, 0.6) is 0 Å². The van der Waals surface area contributed by atoms with Crippen molar-refractivity contribution < 1.29 is 42.1 Å². The summed E-state index contributed by atoms with van der Waals surface area (Å²) in [6.45, 7) is 5.97. The van der Waals surface area contributed by atoms with E-state index in [1.807, 2.05) is 30.8 Å². The molecule has 0 saturated heterocycles. The molecule has 0 saturated carbocycles. The molecular weight excluding hydrogens is 263 g/mol. The van der Waals surface area contributed by atoms with E-state index in [1.54, 1.807) is 0 Å². The van der Waals surface area contributed by atoms with Gasteiger partial charge in [0, 0.05) is 58.2 Å². The molecule has 1 heterocycles. The quantitative estimate of drug-likeness (QED) is 0.774. The Labute approximate surface area is 117 Å². The number of aryl methyl sites for hydroxylation is 1. The summed E-state index contributed by atoms with van der Waals surface area (Å²) in [5.41, 5.74) is 1.30. The van der Waals surface area contributed by atoms with Gasteiger partial charge < -0.3 is 0 Å². The van der Waals surface area contributed by atoms with E-state index in [2.05, 4.69) is 19.1 Å². The summed E-state index contributed by atoms with van der Waals surface area (Å²) in [7, 11) is 0. The van der Waals surface area contributed by atoms with Crippen LogP contribution in [0.3, 0.4) is 0 Å². The second-order valence-corrected chi connectivity index (χ2v) is 3.50. The molecule has 3 heteroatoms. The number of carbonyl (C=O) groups excluding carboxylic acids is 1. The zero-order valence-electron chi connectivity index (χ0n) is 9.73. The molecule has 1 rings (SSSR count). The molecule has 1 aromatic rings. The van der Waals surface area contributed by atoms with Crippen LogP contribution in [0.1, 0.15) is 38.8 Å². The van der Waals surface area contributed by atoms with Crippen molar-refractivity contribution in [3.05, 3.63) is 30.1 Å². The van der Waals surface area contributed by atoms with Crippen LogP contribution in [0.2, 0.25) is 0 Å². The van der Waals surface area contributed by atoms with Gasteiger partial charge in [0.15, 0.2) is 18.2 Å². The third-order valence-corrected chi connectivity index (χ3v) is 2.59. The summed E-state index contributed by atoms with van der Waals surface area (Å²) in [6, 6.07) is 4.10. The first-order valence-corrected chi connectivity index (χ1v) is 5.21. The molecule has 0 bridgehead atoms. The summed E-state index contributed by atoms with van der Waals surface area (Å²) in [5, 5.41) is 0. The fourth-order valence-corrected chi connectivity index (χ4v) is 1.42. The van der Waals surface area contributed by atoms with Crippen molar-refractivity contribution >= 4 is 5.78 Å². The minimum atomic E-state index is -0.0362. The molecule has 0 aliphatic rings. The van der Waals surface area contributed by atoms with E-state index < -0.39 is 0 Å². The van der Waals surface area contributed by atoms with E-state index in [0.717, 1.165) is 6.42 Å². The van der Waals surface area contributed by atoms with Gasteiger partial charge in [-0.2, -0.15) is 4.57 Å². The molecule has 0 aliphatic heterocycles. The van der Waals surface area contributed by atoms with Crippen molar-refractivity contribution in [2.24, 2.45) is 0 Å². The first-order valence-electron chi connectivity index (χ1n) is 5.21. The van der Waals surface area contributed by atoms with Crippen LogP contribution in [0.15, 0.2) is 24.5 Å². The predicted octanol–water partition coefficient (Wildman–Crippen LogP) is 2.07. The molecule has 2 nitrogen and oxygen atoms in total. The van der Waals surface area contributed by atoms with Crippen LogP contribution < -0.4 is 4.57 Å². The Kier molecular flexibility index (Phi) is 7.20. The number of rotatable bonds is 4. The number of hydrogen-bond donors (Lipinski definition) is 0. The molecule has 0 N–H and O–H groups in total. The van der Waals surface area contributed by atoms with Crippen molar-refractivity contribution in [2.45, 2.75) is 39.7 Å². The summed E-state index contributed by atoms with van der Waals surface area (Å²) >= 11 is 0. The minimum absolute atomic E-state index is 0. The van der Waals surface area contributed by atoms with Gasteiger partial charge in [-0.1, -0.05) is 13.8 Å². The van der Waals surface area contributed by atoms with Crippen molar-refractivity contribution in [1.29, 1.82) is 0 Å². The molecular formula is C12H18NOY+. The zero-order valence-corrected chi connectivity index (χ0v) is 12.6. The Morgan fingerprint density at radius 2 is 1.87 bits per heavy atom. The Hall–Kier alpha value is -0.0761. The predicted molar refractivity (Wildman–Crippen MR) is 56.0 cm³/mol. The Morgan fingerprint density at radius 3 is 2.27 bits per heavy atom. The number of nitrogens with zero attached hydrogens (tertiary/aromatic N) is 1. The molecule has 0 aromatic carbocycles. The second kappa shape index (κ2) is 7.24. The van der Waals surface area contributed by atoms with Crippen molar-refractivity contribution in [3.63, 3.8) is 0 Å². The van der Waals surface area contributed by atoms with E-state index in [4.69, 9.17) is 0 Å². The molecule has 0 aliphatic carbocycles. The van der Waals surface area contributed by atoms with Crippen molar-refractivity contribution in [3.8, 4) is 0 Å². The topological polar surface area (TPSA) is 20.9 Å². The van der Waals surface area contributed by atoms with Gasteiger partial charge in [-0.3, -0.25) is 4.79 Å². The molecule has 0 spiro atoms. The normalized spacial score (nSPS) is 11.7. The molecule has 15 heavy (non-hydrogen) atoms. The molecule has 1 unspecified atom stereocenters. The SMILES string of the molecule is CCC(=O)C(C)[n+]1ccc(CC)cc1.[Y]. The molecule has 79 valence electrons. The standard InChI is InChI=1S/C12H18NO.Y/c1-4-11-6-8-13(9-7-11)10(3)12(14)5-2;/h6-10H,4-5H2,1-3H3;/q+1;. The number of aromatic nitrogens is 1. The van der Waals surface area contributed by atoms with Gasteiger partial charge in [-0.25, -0.2) is 0 Å². The Balaban J connectivity index is 0.00000196. The van der Waals surface area contributed by atoms with E-state index in [0.29, 0.717) is 6.42 Å². The van der Waals surface area contributed by atoms with Gasteiger partial charge in [0.1, 0.15) is 0 Å². The zero-order chi connectivity index (χ0) is 10.6. The summed E-state index contributed by atoms with van der Waals surface area (Å²) in [5.74, 6) is 0.277. The maximum Gasteiger partial charge on any atom is 0.213 e. The van der Waals surface area contributed by atoms with Crippen molar-refractivity contribution in [1.82, 2.24) is 0 Å². The second-order valence-electron chi connectivity index (χ2n) is 3.50. The van der Waals surface area contributed by atoms with Gasteiger partial charge in [0.2, 0.25) is 6.04 Å². The van der Waals surface area contributed by atoms with Crippen LogP contribution in [0, 0.1) is 0 Å². The van der Waals surface area contributed by atoms with Gasteiger partial charge in [0.25, 0.3) is 0 Å². The first-order chi connectivity index (χ1) is 6.69. The number of hydrogen-bond acceptors (Lipinski definition) is 1. The van der Waals surface area contributed by atoms with Crippen LogP contribution in [0.25, 0.3) is 0 Å². The van der Waals surface area contributed by atoms with Crippen LogP contribution in [-0.4, -0.2) is 5.78 Å². The number of Topliss-reactive ketones (excluding diaryl/α,β-unsaturated/α-hetero) is 1. The smallest absolute Gasteiger partial charge is 0.213 e. The summed E-state index contributed by atoms with van der Waals surface area (Å²) in [6.07, 6.45) is 5.61. The number of carbonyl (C=O) groups is 1. The van der Waals surface area contributed by atoms with E-state index >= 15 is 0 Å². The van der Waals surface area contributed by atoms with Gasteiger partial charge in [-0.05, 0) is 12.0 Å². The van der Waals surface area contributed by atoms with Crippen LogP contribution in [-0.2, 0) is 43.9 Å². The largest absolute Gasteiger partial charge is 0.292 e. The first kappa shape index (κ1) is 14.9. The Morgan fingerprint density at radius 1 is 1.33 bits per heavy atom. The summed E-state index contributed by atoms with van der Waals surface area (Å²) < 4.78 is 1.96. The molecule has 1 aromatic heterocycles. The number of pyridine rings is 1. The van der Waals surface area contributed by atoms with E-state index in [9.17, 15) is 4.79 Å². The maximum absolute atomic E-state index is 11.4. The molecule has 1 radical (unpaired) electrons. The third kappa shape index (κ3) is 4.12. The third-order valence-electron chi connectivity index (χ3n) is 2.59. The minimum Gasteiger partial charge on any atom is -0.292 e. The summed E-state index contributed by atoms with van der Waals surface area (Å²) in [4.78, 5) is 11.4. The van der Waals surface area contributed by atoms with E-state index in [-0.39, 0.29) is 44.5 Å². The van der Waals surface area contributed by atoms with Crippen LogP contribution >= 0.6 is 0 Å². The monoisotopic (exact) mass is 281 g/mol. The fourth-order valence-electron chi connectivity index (χ4n) is 1.42. The van der Waals surface area contributed by atoms with Crippen molar-refractivity contribution in [2.75, 3.05) is 0 Å². The van der Waals surface area contributed by atoms with Crippen LogP contribution in [0.4, 0.5) is 0 Å². The van der Waals surface area contributed by atoms with Gasteiger partial charge >= 0.3 is 0 Å². The maximum atomic E-state index is 11.4. The van der Waals surface area contributed by atoms with Gasteiger partial charge in [0.05, 0.1) is 0 Å². The number of ketones is 1. The molecule has 0 amide bonds. The molecule has 0 fully saturated rings. The average Bonchev–Trinajstić information content (AvgIpc) is 2.27. The fraction of sp³-hybridized carbons (Fsp3) is 0.500. The molecule has 1 atom stereocenters.